The van der Waals surface area contributed by atoms with Gasteiger partial charge >= 0.3 is 0 Å². The van der Waals surface area contributed by atoms with Gasteiger partial charge in [0.25, 0.3) is 0 Å². The number of hydrogen-bond donors (Lipinski definition) is 0. The molecule has 0 spiro atoms. The first-order valence-corrected chi connectivity index (χ1v) is 8.18. The van der Waals surface area contributed by atoms with E-state index in [1.165, 1.54) is 58.2 Å². The van der Waals surface area contributed by atoms with Gasteiger partial charge in [-0.25, -0.2) is 0 Å². The Morgan fingerprint density at radius 3 is 2.16 bits per heavy atom. The lowest BCUT2D eigenvalue weighted by Gasteiger charge is -2.46. The molecule has 0 amide bonds. The summed E-state index contributed by atoms with van der Waals surface area (Å²) in [6.07, 6.45) is 17.7. The molecular weight excluding hydrogens is 232 g/mol. The molecule has 1 heterocycles. The second-order valence-electron chi connectivity index (χ2n) is 6.43. The second kappa shape index (κ2) is 6.23. The molecule has 0 saturated carbocycles. The van der Waals surface area contributed by atoms with Crippen molar-refractivity contribution in [1.29, 1.82) is 0 Å². The fourth-order valence-corrected chi connectivity index (χ4v) is 3.96. The molecule has 0 bridgehead atoms. The zero-order valence-electron chi connectivity index (χ0n) is 12.3. The average molecular weight is 260 g/mol. The third kappa shape index (κ3) is 3.11. The summed E-state index contributed by atoms with van der Waals surface area (Å²) in [7, 11) is 0. The fourth-order valence-electron chi connectivity index (χ4n) is 3.96. The molecule has 1 saturated heterocycles. The first kappa shape index (κ1) is 13.4. The van der Waals surface area contributed by atoms with Crippen molar-refractivity contribution in [2.75, 3.05) is 19.6 Å². The highest BCUT2D eigenvalue weighted by molar-refractivity contribution is 5.04. The van der Waals surface area contributed by atoms with Crippen LogP contribution in [0.15, 0.2) is 24.3 Å². The summed E-state index contributed by atoms with van der Waals surface area (Å²) in [5.74, 6) is 0. The maximum Gasteiger partial charge on any atom is 0.0282 e. The first-order chi connectivity index (χ1) is 9.34. The second-order valence-corrected chi connectivity index (χ2v) is 6.43. The molecule has 2 aliphatic carbocycles. The number of nitrogens with zero attached hydrogens (tertiary/aromatic N) is 2. The lowest BCUT2D eigenvalue weighted by atomic mass is 9.96. The number of allylic oxidation sites excluding steroid dienone is 2. The van der Waals surface area contributed by atoms with E-state index in [4.69, 9.17) is 0 Å². The zero-order chi connectivity index (χ0) is 13.1. The molecule has 106 valence electrons. The van der Waals surface area contributed by atoms with Gasteiger partial charge in [0.2, 0.25) is 0 Å². The van der Waals surface area contributed by atoms with Crippen molar-refractivity contribution >= 4 is 0 Å². The summed E-state index contributed by atoms with van der Waals surface area (Å²) in [6, 6.07) is 2.14. The van der Waals surface area contributed by atoms with Gasteiger partial charge in [-0.05, 0) is 45.4 Å². The Morgan fingerprint density at radius 2 is 1.58 bits per heavy atom. The Morgan fingerprint density at radius 1 is 0.895 bits per heavy atom. The molecule has 2 nitrogen and oxygen atoms in total. The molecule has 2 heteroatoms. The molecule has 1 fully saturated rings. The lowest BCUT2D eigenvalue weighted by molar-refractivity contribution is 0.0429. The summed E-state index contributed by atoms with van der Waals surface area (Å²) >= 11 is 0. The van der Waals surface area contributed by atoms with Gasteiger partial charge in [0, 0.05) is 37.8 Å². The van der Waals surface area contributed by atoms with Gasteiger partial charge in [0.05, 0.1) is 0 Å². The highest BCUT2D eigenvalue weighted by Gasteiger charge is 2.31. The monoisotopic (exact) mass is 260 g/mol. The van der Waals surface area contributed by atoms with E-state index in [9.17, 15) is 0 Å². The van der Waals surface area contributed by atoms with E-state index in [1.807, 2.05) is 0 Å². The normalized spacial score (nSPS) is 37.6. The molecule has 2 unspecified atom stereocenters. The highest BCUT2D eigenvalue weighted by atomic mass is 15.3. The maximum atomic E-state index is 2.73. The summed E-state index contributed by atoms with van der Waals surface area (Å²) in [5.41, 5.74) is 0. The average Bonchev–Trinajstić information content (AvgIpc) is 2.49. The Bertz CT molecular complexity index is 347. The summed E-state index contributed by atoms with van der Waals surface area (Å²) in [4.78, 5) is 5.45. The third-order valence-corrected chi connectivity index (χ3v) is 5.06. The summed E-state index contributed by atoms with van der Waals surface area (Å²) < 4.78 is 0. The third-order valence-electron chi connectivity index (χ3n) is 5.06. The minimum absolute atomic E-state index is 0.705. The van der Waals surface area contributed by atoms with Gasteiger partial charge in [0.1, 0.15) is 0 Å². The van der Waals surface area contributed by atoms with E-state index >= 15 is 0 Å². The molecule has 3 rings (SSSR count). The minimum atomic E-state index is 0.705. The van der Waals surface area contributed by atoms with Gasteiger partial charge in [0.15, 0.2) is 0 Å². The quantitative estimate of drug-likeness (QED) is 0.704. The summed E-state index contributed by atoms with van der Waals surface area (Å²) in [6.45, 7) is 6.17. The molecule has 0 aromatic heterocycles. The Kier molecular flexibility index (Phi) is 4.39. The smallest absolute Gasteiger partial charge is 0.0282 e. The van der Waals surface area contributed by atoms with Gasteiger partial charge < -0.3 is 0 Å². The van der Waals surface area contributed by atoms with E-state index < -0.39 is 0 Å². The molecule has 0 aromatic rings. The van der Waals surface area contributed by atoms with Gasteiger partial charge in [-0.15, -0.1) is 0 Å². The molecule has 19 heavy (non-hydrogen) atoms. The van der Waals surface area contributed by atoms with E-state index in [0.29, 0.717) is 12.1 Å². The Balaban J connectivity index is 1.58. The van der Waals surface area contributed by atoms with Crippen molar-refractivity contribution in [3.8, 4) is 0 Å². The number of rotatable bonds is 2. The molecule has 0 radical (unpaired) electrons. The van der Waals surface area contributed by atoms with Gasteiger partial charge in [-0.3, -0.25) is 9.80 Å². The highest BCUT2D eigenvalue weighted by Crippen LogP contribution is 2.24. The van der Waals surface area contributed by atoms with Crippen LogP contribution in [0.2, 0.25) is 0 Å². The molecule has 3 aliphatic rings. The Labute approximate surface area is 118 Å². The van der Waals surface area contributed by atoms with Crippen molar-refractivity contribution in [2.45, 2.75) is 63.6 Å². The van der Waals surface area contributed by atoms with Crippen LogP contribution >= 0.6 is 0 Å². The van der Waals surface area contributed by atoms with E-state index in [2.05, 4.69) is 41.0 Å². The van der Waals surface area contributed by atoms with E-state index in [0.717, 1.165) is 6.04 Å². The largest absolute Gasteiger partial charge is 0.294 e. The predicted molar refractivity (Wildman–Crippen MR) is 81.3 cm³/mol. The first-order valence-electron chi connectivity index (χ1n) is 8.18. The maximum absolute atomic E-state index is 2.73. The predicted octanol–water partition coefficient (Wildman–Crippen LogP) is 3.21. The van der Waals surface area contributed by atoms with Crippen LogP contribution in [-0.2, 0) is 0 Å². The molecule has 3 atom stereocenters. The van der Waals surface area contributed by atoms with Crippen molar-refractivity contribution in [3.63, 3.8) is 0 Å². The van der Waals surface area contributed by atoms with Crippen LogP contribution in [0, 0.1) is 0 Å². The molecular formula is C17H28N2. The van der Waals surface area contributed by atoms with Crippen molar-refractivity contribution in [1.82, 2.24) is 9.80 Å². The van der Waals surface area contributed by atoms with Gasteiger partial charge in [-0.1, -0.05) is 24.3 Å². The molecule has 0 N–H and O–H groups in total. The molecule has 0 aromatic carbocycles. The standard InChI is InChI=1S/C17H28N2/c1-15-14-18(16-8-4-2-5-9-16)12-13-19(15)17-10-6-3-7-11-17/h4,6,8,10,15-17H,2-3,5,7,9,11-14H2,1H3/t15-,16?,17?/m0/s1. The lowest BCUT2D eigenvalue weighted by Crippen LogP contribution is -2.57. The van der Waals surface area contributed by atoms with Crippen LogP contribution in [0.1, 0.15) is 45.4 Å². The van der Waals surface area contributed by atoms with Crippen molar-refractivity contribution in [3.05, 3.63) is 24.3 Å². The Hall–Kier alpha value is -0.600. The fraction of sp³-hybridized carbons (Fsp3) is 0.765. The topological polar surface area (TPSA) is 6.48 Å². The van der Waals surface area contributed by atoms with E-state index in [-0.39, 0.29) is 0 Å². The van der Waals surface area contributed by atoms with Crippen LogP contribution < -0.4 is 0 Å². The van der Waals surface area contributed by atoms with Crippen LogP contribution in [0.3, 0.4) is 0 Å². The van der Waals surface area contributed by atoms with Crippen LogP contribution in [0.5, 0.6) is 0 Å². The van der Waals surface area contributed by atoms with Crippen molar-refractivity contribution < 1.29 is 0 Å². The SMILES string of the molecule is C[C@H]1CN(C2C=CCCC2)CCN1C1C=CCCC1. The minimum Gasteiger partial charge on any atom is -0.294 e. The van der Waals surface area contributed by atoms with Crippen molar-refractivity contribution in [2.24, 2.45) is 0 Å². The zero-order valence-corrected chi connectivity index (χ0v) is 12.3. The van der Waals surface area contributed by atoms with Crippen LogP contribution in [-0.4, -0.2) is 47.6 Å². The molecule has 1 aliphatic heterocycles. The van der Waals surface area contributed by atoms with Crippen LogP contribution in [0.4, 0.5) is 0 Å². The van der Waals surface area contributed by atoms with Gasteiger partial charge in [-0.2, -0.15) is 0 Å². The number of piperazine rings is 1. The van der Waals surface area contributed by atoms with Crippen LogP contribution in [0.25, 0.3) is 0 Å². The summed E-state index contributed by atoms with van der Waals surface area (Å²) in [5, 5.41) is 0. The van der Waals surface area contributed by atoms with E-state index in [1.54, 1.807) is 0 Å². The number of hydrogen-bond acceptors (Lipinski definition) is 2.